The maximum Gasteiger partial charge on any atom is 0.231 e. The summed E-state index contributed by atoms with van der Waals surface area (Å²) in [6.45, 7) is 4.15. The zero-order valence-electron chi connectivity index (χ0n) is 17.9. The number of likely N-dealkylation sites (N-methyl/N-ethyl adjacent to an activating group) is 1. The molecule has 0 atom stereocenters. The van der Waals surface area contributed by atoms with E-state index < -0.39 is 11.6 Å². The average Bonchev–Trinajstić information content (AvgIpc) is 3.28. The molecule has 0 saturated carbocycles. The van der Waals surface area contributed by atoms with Crippen molar-refractivity contribution >= 4 is 39.9 Å². The Morgan fingerprint density at radius 1 is 0.938 bits per heavy atom. The van der Waals surface area contributed by atoms with Gasteiger partial charge < -0.3 is 25.8 Å². The van der Waals surface area contributed by atoms with E-state index in [1.165, 1.54) is 12.1 Å². The second-order valence-corrected chi connectivity index (χ2v) is 7.36. The summed E-state index contributed by atoms with van der Waals surface area (Å²) in [6, 6.07) is 14.4. The highest BCUT2D eigenvalue weighted by molar-refractivity contribution is 5.90. The first-order valence-corrected chi connectivity index (χ1v) is 10.4. The zero-order chi connectivity index (χ0) is 22.5. The topological polar surface area (TPSA) is 80.9 Å². The van der Waals surface area contributed by atoms with E-state index in [4.69, 9.17) is 0 Å². The van der Waals surface area contributed by atoms with Crippen LogP contribution in [0.15, 0.2) is 54.7 Å². The van der Waals surface area contributed by atoms with Crippen LogP contribution in [0.1, 0.15) is 6.92 Å². The van der Waals surface area contributed by atoms with Gasteiger partial charge in [-0.1, -0.05) is 25.1 Å². The van der Waals surface area contributed by atoms with E-state index in [1.54, 1.807) is 6.20 Å². The first-order chi connectivity index (χ1) is 15.5. The van der Waals surface area contributed by atoms with Gasteiger partial charge in [-0.15, -0.1) is 0 Å². The van der Waals surface area contributed by atoms with Crippen LogP contribution in [0.3, 0.4) is 0 Å². The van der Waals surface area contributed by atoms with E-state index in [-0.39, 0.29) is 17.3 Å². The van der Waals surface area contributed by atoms with Crippen LogP contribution in [-0.4, -0.2) is 46.5 Å². The Labute approximate surface area is 184 Å². The Bertz CT molecular complexity index is 1190. The van der Waals surface area contributed by atoms with Crippen LogP contribution < -0.4 is 16.0 Å². The van der Waals surface area contributed by atoms with E-state index in [1.807, 2.05) is 50.4 Å². The van der Waals surface area contributed by atoms with Gasteiger partial charge in [0, 0.05) is 25.0 Å². The van der Waals surface area contributed by atoms with E-state index in [9.17, 15) is 8.78 Å². The van der Waals surface area contributed by atoms with Gasteiger partial charge in [-0.2, -0.15) is 9.97 Å². The summed E-state index contributed by atoms with van der Waals surface area (Å²) in [5.74, 6) is -1.25. The molecule has 0 radical (unpaired) electrons. The van der Waals surface area contributed by atoms with Crippen LogP contribution in [0.2, 0.25) is 0 Å². The van der Waals surface area contributed by atoms with E-state index >= 15 is 0 Å². The van der Waals surface area contributed by atoms with Crippen molar-refractivity contribution in [3.63, 3.8) is 0 Å². The molecule has 0 aliphatic heterocycles. The van der Waals surface area contributed by atoms with Crippen LogP contribution in [0.25, 0.3) is 11.0 Å². The quantitative estimate of drug-likeness (QED) is 0.292. The van der Waals surface area contributed by atoms with Crippen molar-refractivity contribution in [2.24, 2.45) is 0 Å². The molecule has 9 heteroatoms. The number of H-pyrrole nitrogens is 1. The molecule has 0 fully saturated rings. The third-order valence-electron chi connectivity index (χ3n) is 5.13. The Kier molecular flexibility index (Phi) is 6.46. The molecule has 0 saturated heterocycles. The minimum absolute atomic E-state index is 0.0460. The molecule has 0 bridgehead atoms. The molecule has 7 nitrogen and oxygen atoms in total. The summed E-state index contributed by atoms with van der Waals surface area (Å²) in [7, 11) is 1.97. The molecule has 0 amide bonds. The van der Waals surface area contributed by atoms with Crippen molar-refractivity contribution in [1.29, 1.82) is 0 Å². The molecule has 166 valence electrons. The fourth-order valence-corrected chi connectivity index (χ4v) is 3.19. The lowest BCUT2D eigenvalue weighted by atomic mass is 10.2. The number of nitrogens with zero attached hydrogens (tertiary/aromatic N) is 3. The minimum atomic E-state index is -0.994. The molecule has 32 heavy (non-hydrogen) atoms. The number of nitrogens with one attached hydrogen (secondary N) is 4. The summed E-state index contributed by atoms with van der Waals surface area (Å²) in [6.07, 6.45) is 1.75. The largest absolute Gasteiger partial charge is 0.381 e. The van der Waals surface area contributed by atoms with Crippen LogP contribution in [-0.2, 0) is 0 Å². The molecule has 0 unspecified atom stereocenters. The Hall–Kier alpha value is -3.72. The number of hydrogen-bond acceptors (Lipinski definition) is 6. The molecule has 0 aliphatic rings. The lowest BCUT2D eigenvalue weighted by molar-refractivity contribution is 0.366. The lowest BCUT2D eigenvalue weighted by Gasteiger charge is -2.16. The second-order valence-electron chi connectivity index (χ2n) is 7.36. The van der Waals surface area contributed by atoms with Gasteiger partial charge >= 0.3 is 0 Å². The van der Waals surface area contributed by atoms with Crippen LogP contribution in [0.5, 0.6) is 0 Å². The predicted molar refractivity (Wildman–Crippen MR) is 125 cm³/mol. The SMILES string of the molecule is CCN(C)CCNc1ccc(Nc2nc(Nc3ccccc3)c3cc[nH]c3n2)c(F)c1F. The fraction of sp³-hybridized carbons (Fsp3) is 0.217. The molecule has 4 rings (SSSR count). The summed E-state index contributed by atoms with van der Waals surface area (Å²) in [5, 5.41) is 9.75. The number of halogens is 2. The normalized spacial score (nSPS) is 11.2. The fourth-order valence-electron chi connectivity index (χ4n) is 3.19. The predicted octanol–water partition coefficient (Wildman–Crippen LogP) is 5.09. The van der Waals surface area contributed by atoms with E-state index in [2.05, 4.69) is 35.8 Å². The van der Waals surface area contributed by atoms with Crippen LogP contribution in [0.4, 0.5) is 37.6 Å². The molecular formula is C23H25F2N7. The highest BCUT2D eigenvalue weighted by Crippen LogP contribution is 2.29. The van der Waals surface area contributed by atoms with Crippen LogP contribution >= 0.6 is 0 Å². The monoisotopic (exact) mass is 437 g/mol. The average molecular weight is 437 g/mol. The second kappa shape index (κ2) is 9.61. The Morgan fingerprint density at radius 3 is 2.47 bits per heavy atom. The van der Waals surface area contributed by atoms with Crippen molar-refractivity contribution in [3.8, 4) is 0 Å². The Morgan fingerprint density at radius 2 is 1.69 bits per heavy atom. The highest BCUT2D eigenvalue weighted by Gasteiger charge is 2.16. The number of aromatic amines is 1. The summed E-state index contributed by atoms with van der Waals surface area (Å²) < 4.78 is 29.3. The number of rotatable bonds is 9. The van der Waals surface area contributed by atoms with Crippen molar-refractivity contribution < 1.29 is 8.78 Å². The highest BCUT2D eigenvalue weighted by atomic mass is 19.2. The minimum Gasteiger partial charge on any atom is -0.381 e. The van der Waals surface area contributed by atoms with Crippen molar-refractivity contribution in [2.45, 2.75) is 6.92 Å². The summed E-state index contributed by atoms with van der Waals surface area (Å²) >= 11 is 0. The molecular weight excluding hydrogens is 412 g/mol. The number of anilines is 5. The van der Waals surface area contributed by atoms with E-state index in [0.29, 0.717) is 18.0 Å². The van der Waals surface area contributed by atoms with Crippen molar-refractivity contribution in [3.05, 3.63) is 66.4 Å². The van der Waals surface area contributed by atoms with Gasteiger partial charge in [0.25, 0.3) is 0 Å². The number of hydrogen-bond donors (Lipinski definition) is 4. The lowest BCUT2D eigenvalue weighted by Crippen LogP contribution is -2.25. The summed E-state index contributed by atoms with van der Waals surface area (Å²) in [5.41, 5.74) is 1.49. The van der Waals surface area contributed by atoms with Crippen molar-refractivity contribution in [1.82, 2.24) is 19.9 Å². The third kappa shape index (κ3) is 4.78. The van der Waals surface area contributed by atoms with Crippen LogP contribution in [0, 0.1) is 11.6 Å². The molecule has 4 N–H and O–H groups in total. The maximum absolute atomic E-state index is 14.7. The molecule has 0 spiro atoms. The molecule has 0 aliphatic carbocycles. The van der Waals surface area contributed by atoms with Gasteiger partial charge in [-0.25, -0.2) is 8.78 Å². The van der Waals surface area contributed by atoms with Gasteiger partial charge in [-0.3, -0.25) is 0 Å². The van der Waals surface area contributed by atoms with Crippen molar-refractivity contribution in [2.75, 3.05) is 42.6 Å². The molecule has 2 aromatic heterocycles. The molecule has 2 heterocycles. The smallest absolute Gasteiger partial charge is 0.231 e. The van der Waals surface area contributed by atoms with Gasteiger partial charge in [-0.05, 0) is 43.9 Å². The van der Waals surface area contributed by atoms with Gasteiger partial charge in [0.15, 0.2) is 11.6 Å². The molecule has 4 aromatic rings. The number of aromatic nitrogens is 3. The van der Waals surface area contributed by atoms with Gasteiger partial charge in [0.1, 0.15) is 11.5 Å². The maximum atomic E-state index is 14.7. The third-order valence-corrected chi connectivity index (χ3v) is 5.13. The number of benzene rings is 2. The molecule has 2 aromatic carbocycles. The number of para-hydroxylation sites is 1. The zero-order valence-corrected chi connectivity index (χ0v) is 17.9. The Balaban J connectivity index is 1.56. The summed E-state index contributed by atoms with van der Waals surface area (Å²) in [4.78, 5) is 14.0. The van der Waals surface area contributed by atoms with E-state index in [0.717, 1.165) is 24.2 Å². The van der Waals surface area contributed by atoms with Gasteiger partial charge in [0.2, 0.25) is 5.95 Å². The first-order valence-electron chi connectivity index (χ1n) is 10.4. The van der Waals surface area contributed by atoms with Gasteiger partial charge in [0.05, 0.1) is 16.8 Å². The standard InChI is InChI=1S/C23H25F2N7/c1-3-32(2)14-13-26-17-9-10-18(20(25)19(17)24)29-23-30-21-16(11-12-27-21)22(31-23)28-15-7-5-4-6-8-15/h4-12,26H,3,13-14H2,1-2H3,(H3,27,28,29,30,31). The first kappa shape index (κ1) is 21.5. The number of fused-ring (bicyclic) bond motifs is 1.